The van der Waals surface area contributed by atoms with Gasteiger partial charge in [0.2, 0.25) is 0 Å². The number of carbonyl (C=O) groups is 2. The number of ether oxygens (including phenoxy) is 2. The Bertz CT molecular complexity index is 1060. The van der Waals surface area contributed by atoms with Gasteiger partial charge < -0.3 is 24.4 Å². The van der Waals surface area contributed by atoms with Crippen molar-refractivity contribution in [2.75, 3.05) is 40.4 Å². The van der Waals surface area contributed by atoms with Crippen molar-refractivity contribution < 1.29 is 24.2 Å². The summed E-state index contributed by atoms with van der Waals surface area (Å²) >= 11 is 0. The smallest absolute Gasteiger partial charge is 0.295 e. The number of nitrogens with zero attached hydrogens (tertiary/aromatic N) is 2. The van der Waals surface area contributed by atoms with E-state index >= 15 is 0 Å². The Hall–Kier alpha value is -3.58. The fourth-order valence-electron chi connectivity index (χ4n) is 3.97. The standard InChI is InChI=1S/C27H32N2O5/c1-5-17-34-21-13-11-19(12-14-21)24-23(25(30)20-9-7-10-22(18-20)33-6-2)26(31)27(32)29(24)16-8-15-28(3)4/h5,7,9-14,18,24,30H,1,6,8,15-17H2,2-4H3/b25-23+. The van der Waals surface area contributed by atoms with Crippen molar-refractivity contribution in [3.8, 4) is 11.5 Å². The fraction of sp³-hybridized carbons (Fsp3) is 0.333. The van der Waals surface area contributed by atoms with Gasteiger partial charge in [0, 0.05) is 12.1 Å². The summed E-state index contributed by atoms with van der Waals surface area (Å²) in [6.07, 6.45) is 2.35. The second-order valence-electron chi connectivity index (χ2n) is 8.28. The number of aliphatic hydroxyl groups excluding tert-OH is 1. The summed E-state index contributed by atoms with van der Waals surface area (Å²) in [6, 6.07) is 13.4. The van der Waals surface area contributed by atoms with Crippen LogP contribution in [0.2, 0.25) is 0 Å². The third-order valence-electron chi connectivity index (χ3n) is 5.53. The van der Waals surface area contributed by atoms with Gasteiger partial charge in [0.05, 0.1) is 18.2 Å². The third-order valence-corrected chi connectivity index (χ3v) is 5.53. The average molecular weight is 465 g/mol. The first-order chi connectivity index (χ1) is 16.4. The number of hydrogen-bond acceptors (Lipinski definition) is 6. The maximum atomic E-state index is 13.1. The summed E-state index contributed by atoms with van der Waals surface area (Å²) in [6.45, 7) is 7.51. The predicted octanol–water partition coefficient (Wildman–Crippen LogP) is 4.02. The van der Waals surface area contributed by atoms with Crippen LogP contribution in [0.1, 0.15) is 30.5 Å². The number of hydrogen-bond donors (Lipinski definition) is 1. The van der Waals surface area contributed by atoms with Crippen LogP contribution in [0.5, 0.6) is 11.5 Å². The van der Waals surface area contributed by atoms with Gasteiger partial charge in [0.25, 0.3) is 11.7 Å². The second kappa shape index (κ2) is 11.5. The van der Waals surface area contributed by atoms with Crippen molar-refractivity contribution in [1.29, 1.82) is 0 Å². The minimum Gasteiger partial charge on any atom is -0.507 e. The molecule has 1 aliphatic rings. The number of ketones is 1. The van der Waals surface area contributed by atoms with E-state index < -0.39 is 17.7 Å². The first-order valence-electron chi connectivity index (χ1n) is 11.4. The monoisotopic (exact) mass is 464 g/mol. The van der Waals surface area contributed by atoms with E-state index in [1.54, 1.807) is 47.4 Å². The minimum atomic E-state index is -0.702. The second-order valence-corrected chi connectivity index (χ2v) is 8.28. The summed E-state index contributed by atoms with van der Waals surface area (Å²) in [4.78, 5) is 29.8. The molecular weight excluding hydrogens is 432 g/mol. The molecule has 1 amide bonds. The molecule has 0 bridgehead atoms. The molecule has 7 nitrogen and oxygen atoms in total. The number of benzene rings is 2. The van der Waals surface area contributed by atoms with Crippen molar-refractivity contribution in [3.05, 3.63) is 77.9 Å². The summed E-state index contributed by atoms with van der Waals surface area (Å²) in [7, 11) is 3.91. The van der Waals surface area contributed by atoms with Gasteiger partial charge in [-0.1, -0.05) is 36.9 Å². The van der Waals surface area contributed by atoms with Gasteiger partial charge in [-0.2, -0.15) is 0 Å². The lowest BCUT2D eigenvalue weighted by atomic mass is 9.95. The molecule has 1 fully saturated rings. The molecule has 1 N–H and O–H groups in total. The van der Waals surface area contributed by atoms with Gasteiger partial charge in [0.1, 0.15) is 23.9 Å². The highest BCUT2D eigenvalue weighted by atomic mass is 16.5. The van der Waals surface area contributed by atoms with Crippen LogP contribution in [-0.2, 0) is 9.59 Å². The van der Waals surface area contributed by atoms with Crippen LogP contribution in [0.3, 0.4) is 0 Å². The normalized spacial score (nSPS) is 17.3. The first-order valence-corrected chi connectivity index (χ1v) is 11.4. The quantitative estimate of drug-likeness (QED) is 0.234. The molecular formula is C27H32N2O5. The Morgan fingerprint density at radius 2 is 1.85 bits per heavy atom. The van der Waals surface area contributed by atoms with Gasteiger partial charge in [-0.25, -0.2) is 0 Å². The van der Waals surface area contributed by atoms with Crippen molar-refractivity contribution in [1.82, 2.24) is 9.80 Å². The molecule has 2 aromatic rings. The van der Waals surface area contributed by atoms with Gasteiger partial charge in [-0.15, -0.1) is 0 Å². The molecule has 2 aromatic carbocycles. The minimum absolute atomic E-state index is 0.0725. The lowest BCUT2D eigenvalue weighted by molar-refractivity contribution is -0.139. The highest BCUT2D eigenvalue weighted by Gasteiger charge is 2.45. The van der Waals surface area contributed by atoms with E-state index in [1.807, 2.05) is 38.1 Å². The SMILES string of the molecule is C=CCOc1ccc(C2/C(=C(\O)c3cccc(OCC)c3)C(=O)C(=O)N2CCCN(C)C)cc1. The molecule has 3 rings (SSSR count). The maximum absolute atomic E-state index is 13.1. The van der Waals surface area contributed by atoms with Crippen LogP contribution in [-0.4, -0.2) is 67.0 Å². The van der Waals surface area contributed by atoms with E-state index in [1.165, 1.54) is 0 Å². The number of amides is 1. The van der Waals surface area contributed by atoms with Crippen molar-refractivity contribution >= 4 is 17.4 Å². The molecule has 0 saturated carbocycles. The third kappa shape index (κ3) is 5.66. The maximum Gasteiger partial charge on any atom is 0.295 e. The molecule has 0 radical (unpaired) electrons. The molecule has 0 aliphatic carbocycles. The summed E-state index contributed by atoms with van der Waals surface area (Å²) in [5.74, 6) is -0.295. The molecule has 1 unspecified atom stereocenters. The Kier molecular flexibility index (Phi) is 8.49. The van der Waals surface area contributed by atoms with Gasteiger partial charge >= 0.3 is 0 Å². The van der Waals surface area contributed by atoms with E-state index in [2.05, 4.69) is 6.58 Å². The number of rotatable bonds is 11. The van der Waals surface area contributed by atoms with Crippen LogP contribution in [0.25, 0.3) is 5.76 Å². The zero-order valence-electron chi connectivity index (χ0n) is 20.0. The number of aliphatic hydroxyl groups is 1. The molecule has 0 aromatic heterocycles. The van der Waals surface area contributed by atoms with Crippen molar-refractivity contribution in [2.45, 2.75) is 19.4 Å². The summed E-state index contributed by atoms with van der Waals surface area (Å²) in [5, 5.41) is 11.2. The van der Waals surface area contributed by atoms with E-state index in [-0.39, 0.29) is 11.3 Å². The Balaban J connectivity index is 2.05. The van der Waals surface area contributed by atoms with Crippen LogP contribution < -0.4 is 9.47 Å². The molecule has 1 atom stereocenters. The van der Waals surface area contributed by atoms with Gasteiger partial charge in [0.15, 0.2) is 0 Å². The highest BCUT2D eigenvalue weighted by molar-refractivity contribution is 6.46. The topological polar surface area (TPSA) is 79.3 Å². The first kappa shape index (κ1) is 25.1. The molecule has 0 spiro atoms. The zero-order chi connectivity index (χ0) is 24.7. The lowest BCUT2D eigenvalue weighted by Gasteiger charge is -2.26. The van der Waals surface area contributed by atoms with Crippen LogP contribution >= 0.6 is 0 Å². The molecule has 1 aliphatic heterocycles. The highest BCUT2D eigenvalue weighted by Crippen LogP contribution is 2.40. The van der Waals surface area contributed by atoms with E-state index in [4.69, 9.17) is 9.47 Å². The van der Waals surface area contributed by atoms with E-state index in [9.17, 15) is 14.7 Å². The fourth-order valence-corrected chi connectivity index (χ4v) is 3.97. The van der Waals surface area contributed by atoms with Gasteiger partial charge in [-0.3, -0.25) is 9.59 Å². The summed E-state index contributed by atoms with van der Waals surface area (Å²) < 4.78 is 11.1. The zero-order valence-corrected chi connectivity index (χ0v) is 20.0. The number of Topliss-reactive ketones (excluding diaryl/α,β-unsaturated/α-hetero) is 1. The Morgan fingerprint density at radius 3 is 2.50 bits per heavy atom. The average Bonchev–Trinajstić information content (AvgIpc) is 3.08. The number of carbonyl (C=O) groups excluding carboxylic acids is 2. The van der Waals surface area contributed by atoms with Crippen molar-refractivity contribution in [3.63, 3.8) is 0 Å². The Labute approximate surface area is 200 Å². The summed E-state index contributed by atoms with van der Waals surface area (Å²) in [5.41, 5.74) is 1.22. The van der Waals surface area contributed by atoms with Crippen LogP contribution in [0.15, 0.2) is 66.8 Å². The Morgan fingerprint density at radius 1 is 1.12 bits per heavy atom. The molecule has 1 heterocycles. The van der Waals surface area contributed by atoms with Gasteiger partial charge in [-0.05, 0) is 63.8 Å². The van der Waals surface area contributed by atoms with Crippen LogP contribution in [0, 0.1) is 0 Å². The largest absolute Gasteiger partial charge is 0.507 e. The molecule has 7 heteroatoms. The molecule has 180 valence electrons. The van der Waals surface area contributed by atoms with Crippen LogP contribution in [0.4, 0.5) is 0 Å². The molecule has 34 heavy (non-hydrogen) atoms. The van der Waals surface area contributed by atoms with E-state index in [0.717, 1.165) is 12.1 Å². The van der Waals surface area contributed by atoms with Crippen molar-refractivity contribution in [2.24, 2.45) is 0 Å². The lowest BCUT2D eigenvalue weighted by Crippen LogP contribution is -2.32. The number of likely N-dealkylation sites (tertiary alicyclic amines) is 1. The van der Waals surface area contributed by atoms with E-state index in [0.29, 0.717) is 43.2 Å². The predicted molar refractivity (Wildman–Crippen MR) is 132 cm³/mol. The molecule has 1 saturated heterocycles.